The molecule has 0 aliphatic carbocycles. The lowest BCUT2D eigenvalue weighted by Crippen LogP contribution is -2.26. The van der Waals surface area contributed by atoms with Crippen LogP contribution in [0.5, 0.6) is 5.75 Å². The molecule has 2 atom stereocenters. The molecule has 0 aromatic heterocycles. The molecule has 0 aliphatic rings. The van der Waals surface area contributed by atoms with Crippen molar-refractivity contribution in [3.8, 4) is 5.75 Å². The minimum atomic E-state index is 0.367. The molecule has 2 unspecified atom stereocenters. The Morgan fingerprint density at radius 1 is 1.18 bits per heavy atom. The monoisotopic (exact) mass is 235 g/mol. The molecule has 1 aromatic carbocycles. The second-order valence-electron chi connectivity index (χ2n) is 5.13. The second-order valence-corrected chi connectivity index (χ2v) is 5.13. The molecule has 17 heavy (non-hydrogen) atoms. The Kier molecular flexibility index (Phi) is 5.49. The summed E-state index contributed by atoms with van der Waals surface area (Å²) in [4.78, 5) is 0. The van der Waals surface area contributed by atoms with E-state index in [1.807, 2.05) is 12.1 Å². The third kappa shape index (κ3) is 4.39. The summed E-state index contributed by atoms with van der Waals surface area (Å²) >= 11 is 0. The van der Waals surface area contributed by atoms with Crippen molar-refractivity contribution < 1.29 is 4.74 Å². The molecule has 0 radical (unpaired) electrons. The van der Waals surface area contributed by atoms with Gasteiger partial charge >= 0.3 is 0 Å². The molecular weight excluding hydrogens is 210 g/mol. The zero-order valence-electron chi connectivity index (χ0n) is 11.7. The summed E-state index contributed by atoms with van der Waals surface area (Å²) in [5.41, 5.74) is 1.28. The van der Waals surface area contributed by atoms with E-state index < -0.39 is 0 Å². The van der Waals surface area contributed by atoms with Crippen LogP contribution in [0.1, 0.15) is 39.3 Å². The van der Waals surface area contributed by atoms with Crippen molar-refractivity contribution in [2.24, 2.45) is 11.8 Å². The fourth-order valence-electron chi connectivity index (χ4n) is 1.63. The smallest absolute Gasteiger partial charge is 0.119 e. The Balaban J connectivity index is 2.54. The number of ether oxygens (including phenoxy) is 1. The summed E-state index contributed by atoms with van der Waals surface area (Å²) in [5.74, 6) is 2.34. The van der Waals surface area contributed by atoms with Gasteiger partial charge in [0.05, 0.1) is 7.11 Å². The first-order chi connectivity index (χ1) is 8.04. The average molecular weight is 235 g/mol. The van der Waals surface area contributed by atoms with Crippen LogP contribution >= 0.6 is 0 Å². The lowest BCUT2D eigenvalue weighted by atomic mass is 9.97. The molecule has 1 N–H and O–H groups in total. The van der Waals surface area contributed by atoms with Crippen LogP contribution in [0, 0.1) is 11.8 Å². The average Bonchev–Trinajstić information content (AvgIpc) is 2.35. The van der Waals surface area contributed by atoms with E-state index in [2.05, 4.69) is 45.1 Å². The molecule has 0 fully saturated rings. The zero-order chi connectivity index (χ0) is 12.8. The predicted octanol–water partition coefficient (Wildman–Crippen LogP) is 3.64. The number of nitrogens with one attached hydrogen (secondary N) is 1. The van der Waals surface area contributed by atoms with Gasteiger partial charge in [-0.25, -0.2) is 0 Å². The van der Waals surface area contributed by atoms with Crippen molar-refractivity contribution in [1.29, 1.82) is 0 Å². The Bertz CT molecular complexity index is 335. The Labute approximate surface area is 105 Å². The highest BCUT2D eigenvalue weighted by Crippen LogP contribution is 2.19. The molecule has 0 saturated heterocycles. The molecule has 0 heterocycles. The van der Waals surface area contributed by atoms with Gasteiger partial charge in [-0.05, 0) is 43.0 Å². The van der Waals surface area contributed by atoms with Crippen LogP contribution in [-0.4, -0.2) is 13.7 Å². The van der Waals surface area contributed by atoms with Crippen molar-refractivity contribution in [2.75, 3.05) is 13.7 Å². The van der Waals surface area contributed by atoms with Gasteiger partial charge in [0.15, 0.2) is 0 Å². The van der Waals surface area contributed by atoms with Gasteiger partial charge in [-0.1, -0.05) is 32.9 Å². The summed E-state index contributed by atoms with van der Waals surface area (Å²) < 4.78 is 5.24. The van der Waals surface area contributed by atoms with Crippen molar-refractivity contribution in [2.45, 2.75) is 33.7 Å². The first-order valence-electron chi connectivity index (χ1n) is 6.42. The number of benzene rings is 1. The van der Waals surface area contributed by atoms with Gasteiger partial charge < -0.3 is 10.1 Å². The van der Waals surface area contributed by atoms with Gasteiger partial charge in [0.2, 0.25) is 0 Å². The molecule has 0 bridgehead atoms. The minimum absolute atomic E-state index is 0.367. The fraction of sp³-hybridized carbons (Fsp3) is 0.600. The van der Waals surface area contributed by atoms with E-state index in [0.29, 0.717) is 12.0 Å². The van der Waals surface area contributed by atoms with E-state index in [1.165, 1.54) is 5.56 Å². The number of hydrogen-bond acceptors (Lipinski definition) is 2. The fourth-order valence-corrected chi connectivity index (χ4v) is 1.63. The SMILES string of the molecule is COc1cccc(C(C)NCC(C)C(C)C)c1. The van der Waals surface area contributed by atoms with Crippen LogP contribution in [-0.2, 0) is 0 Å². The van der Waals surface area contributed by atoms with E-state index >= 15 is 0 Å². The Morgan fingerprint density at radius 3 is 2.47 bits per heavy atom. The summed E-state index contributed by atoms with van der Waals surface area (Å²) in [7, 11) is 1.71. The normalized spacial score (nSPS) is 14.7. The highest BCUT2D eigenvalue weighted by Gasteiger charge is 2.10. The Hall–Kier alpha value is -1.02. The largest absolute Gasteiger partial charge is 0.497 e. The molecule has 0 saturated carbocycles. The van der Waals surface area contributed by atoms with Crippen molar-refractivity contribution in [3.63, 3.8) is 0 Å². The molecule has 2 nitrogen and oxygen atoms in total. The van der Waals surface area contributed by atoms with Gasteiger partial charge in [0.25, 0.3) is 0 Å². The molecule has 0 aliphatic heterocycles. The predicted molar refractivity (Wildman–Crippen MR) is 73.4 cm³/mol. The zero-order valence-corrected chi connectivity index (χ0v) is 11.7. The van der Waals surface area contributed by atoms with Gasteiger partial charge in [-0.2, -0.15) is 0 Å². The third-order valence-electron chi connectivity index (χ3n) is 3.48. The first-order valence-corrected chi connectivity index (χ1v) is 6.42. The molecule has 1 aromatic rings. The molecule has 1 rings (SSSR count). The van der Waals surface area contributed by atoms with Crippen LogP contribution in [0.4, 0.5) is 0 Å². The maximum atomic E-state index is 5.24. The van der Waals surface area contributed by atoms with E-state index in [-0.39, 0.29) is 0 Å². The summed E-state index contributed by atoms with van der Waals surface area (Å²) in [5, 5.41) is 3.58. The second kappa shape index (κ2) is 6.65. The summed E-state index contributed by atoms with van der Waals surface area (Å²) in [6, 6.07) is 8.62. The molecule has 0 amide bonds. The van der Waals surface area contributed by atoms with Crippen molar-refractivity contribution in [3.05, 3.63) is 29.8 Å². The van der Waals surface area contributed by atoms with Crippen LogP contribution in [0.3, 0.4) is 0 Å². The highest BCUT2D eigenvalue weighted by molar-refractivity contribution is 5.30. The number of rotatable bonds is 6. The van der Waals surface area contributed by atoms with Crippen LogP contribution in [0.15, 0.2) is 24.3 Å². The highest BCUT2D eigenvalue weighted by atomic mass is 16.5. The van der Waals surface area contributed by atoms with E-state index in [1.54, 1.807) is 7.11 Å². The van der Waals surface area contributed by atoms with Gasteiger partial charge in [0, 0.05) is 6.04 Å². The van der Waals surface area contributed by atoms with Crippen LogP contribution in [0.2, 0.25) is 0 Å². The Morgan fingerprint density at radius 2 is 1.88 bits per heavy atom. The molecule has 2 heteroatoms. The van der Waals surface area contributed by atoms with Crippen LogP contribution in [0.25, 0.3) is 0 Å². The standard InChI is InChI=1S/C15H25NO/c1-11(2)12(3)10-16-13(4)14-7-6-8-15(9-14)17-5/h6-9,11-13,16H,10H2,1-5H3. The maximum Gasteiger partial charge on any atom is 0.119 e. The molecule has 96 valence electrons. The molecule has 0 spiro atoms. The minimum Gasteiger partial charge on any atom is -0.497 e. The number of methoxy groups -OCH3 is 1. The maximum absolute atomic E-state index is 5.24. The van der Waals surface area contributed by atoms with Crippen molar-refractivity contribution >= 4 is 0 Å². The first kappa shape index (κ1) is 14.0. The van der Waals surface area contributed by atoms with Gasteiger partial charge in [0.1, 0.15) is 5.75 Å². The quantitative estimate of drug-likeness (QED) is 0.813. The topological polar surface area (TPSA) is 21.3 Å². The van der Waals surface area contributed by atoms with Crippen LogP contribution < -0.4 is 10.1 Å². The lowest BCUT2D eigenvalue weighted by molar-refractivity contribution is 0.374. The lowest BCUT2D eigenvalue weighted by Gasteiger charge is -2.20. The van der Waals surface area contributed by atoms with E-state index in [0.717, 1.165) is 18.2 Å². The molecular formula is C15H25NO. The van der Waals surface area contributed by atoms with Gasteiger partial charge in [-0.3, -0.25) is 0 Å². The van der Waals surface area contributed by atoms with Gasteiger partial charge in [-0.15, -0.1) is 0 Å². The van der Waals surface area contributed by atoms with Crippen molar-refractivity contribution in [1.82, 2.24) is 5.32 Å². The number of hydrogen-bond donors (Lipinski definition) is 1. The van der Waals surface area contributed by atoms with E-state index in [9.17, 15) is 0 Å². The summed E-state index contributed by atoms with van der Waals surface area (Å²) in [6.45, 7) is 10.1. The third-order valence-corrected chi connectivity index (χ3v) is 3.48. The van der Waals surface area contributed by atoms with E-state index in [4.69, 9.17) is 4.74 Å². The summed E-state index contributed by atoms with van der Waals surface area (Å²) in [6.07, 6.45) is 0.